The second kappa shape index (κ2) is 7.69. The molecule has 130 valence electrons. The first kappa shape index (κ1) is 18.3. The van der Waals surface area contributed by atoms with Crippen LogP contribution in [0.1, 0.15) is 42.9 Å². The van der Waals surface area contributed by atoms with Crippen LogP contribution in [0.4, 0.5) is 17.6 Å². The maximum absolute atomic E-state index is 14.2. The molecule has 0 aromatic heterocycles. The minimum absolute atomic E-state index is 0.234. The van der Waals surface area contributed by atoms with Crippen molar-refractivity contribution in [3.05, 3.63) is 64.7 Å². The molecule has 0 aliphatic rings. The van der Waals surface area contributed by atoms with Gasteiger partial charge in [-0.15, -0.1) is 0 Å². The van der Waals surface area contributed by atoms with Gasteiger partial charge < -0.3 is 4.74 Å². The van der Waals surface area contributed by atoms with E-state index >= 15 is 0 Å². The predicted molar refractivity (Wildman–Crippen MR) is 85.3 cm³/mol. The van der Waals surface area contributed by atoms with Crippen LogP contribution >= 0.6 is 0 Å². The van der Waals surface area contributed by atoms with Crippen molar-refractivity contribution in [3.8, 4) is 5.75 Å². The number of halogens is 4. The highest BCUT2D eigenvalue weighted by Gasteiger charge is 2.34. The van der Waals surface area contributed by atoms with E-state index in [0.717, 1.165) is 43.4 Å². The Morgan fingerprint density at radius 3 is 2.08 bits per heavy atom. The second-order valence-electron chi connectivity index (χ2n) is 5.78. The Morgan fingerprint density at radius 1 is 0.958 bits per heavy atom. The van der Waals surface area contributed by atoms with Crippen LogP contribution in [0.2, 0.25) is 0 Å². The third-order valence-corrected chi connectivity index (χ3v) is 3.86. The molecule has 0 aliphatic heterocycles. The molecular weight excluding hydrogens is 320 g/mol. The Kier molecular flexibility index (Phi) is 5.86. The first-order valence-corrected chi connectivity index (χ1v) is 7.95. The van der Waals surface area contributed by atoms with Crippen LogP contribution in [0.25, 0.3) is 0 Å². The molecule has 5 heteroatoms. The summed E-state index contributed by atoms with van der Waals surface area (Å²) in [6.45, 7) is 3.32. The van der Waals surface area contributed by atoms with Crippen molar-refractivity contribution in [3.63, 3.8) is 0 Å². The largest absolute Gasteiger partial charge is 0.429 e. The molecule has 0 saturated carbocycles. The zero-order chi connectivity index (χ0) is 17.7. The Morgan fingerprint density at radius 2 is 1.54 bits per heavy atom. The lowest BCUT2D eigenvalue weighted by molar-refractivity contribution is -0.185. The highest BCUT2D eigenvalue weighted by atomic mass is 19.3. The van der Waals surface area contributed by atoms with Gasteiger partial charge in [-0.05, 0) is 37.5 Å². The molecule has 0 saturated heterocycles. The molecule has 0 bridgehead atoms. The Bertz CT molecular complexity index is 657. The summed E-state index contributed by atoms with van der Waals surface area (Å²) in [6, 6.07) is 7.32. The van der Waals surface area contributed by atoms with Gasteiger partial charge in [-0.1, -0.05) is 31.9 Å². The van der Waals surface area contributed by atoms with Crippen LogP contribution in [0.15, 0.2) is 36.4 Å². The SMILES string of the molecule is CCCCCc1ccc(C(F)(F)Oc2cc(F)c(C)c(F)c2)cc1. The summed E-state index contributed by atoms with van der Waals surface area (Å²) in [5.41, 5.74) is 0.376. The number of unbranched alkanes of at least 4 members (excludes halogenated alkanes) is 2. The molecule has 0 radical (unpaired) electrons. The van der Waals surface area contributed by atoms with Crippen molar-refractivity contribution in [1.29, 1.82) is 0 Å². The number of rotatable bonds is 7. The molecule has 24 heavy (non-hydrogen) atoms. The molecule has 0 fully saturated rings. The zero-order valence-corrected chi connectivity index (χ0v) is 13.7. The average molecular weight is 340 g/mol. The molecule has 0 atom stereocenters. The van der Waals surface area contributed by atoms with Gasteiger partial charge >= 0.3 is 6.11 Å². The van der Waals surface area contributed by atoms with Crippen molar-refractivity contribution in [1.82, 2.24) is 0 Å². The summed E-state index contributed by atoms with van der Waals surface area (Å²) in [6.07, 6.45) is 0.342. The molecule has 0 aliphatic carbocycles. The highest BCUT2D eigenvalue weighted by Crippen LogP contribution is 2.33. The van der Waals surface area contributed by atoms with Gasteiger partial charge in [0.1, 0.15) is 17.4 Å². The van der Waals surface area contributed by atoms with Crippen molar-refractivity contribution >= 4 is 0 Å². The van der Waals surface area contributed by atoms with Crippen LogP contribution in [-0.2, 0) is 12.5 Å². The molecule has 2 aromatic carbocycles. The van der Waals surface area contributed by atoms with E-state index in [9.17, 15) is 17.6 Å². The lowest BCUT2D eigenvalue weighted by atomic mass is 10.1. The molecule has 2 rings (SSSR count). The molecule has 0 heterocycles. The number of hydrogen-bond acceptors (Lipinski definition) is 1. The van der Waals surface area contributed by atoms with E-state index in [1.807, 2.05) is 0 Å². The van der Waals surface area contributed by atoms with Crippen molar-refractivity contribution < 1.29 is 22.3 Å². The Labute approximate surface area is 139 Å². The molecule has 0 spiro atoms. The van der Waals surface area contributed by atoms with Crippen LogP contribution in [0.3, 0.4) is 0 Å². The van der Waals surface area contributed by atoms with Crippen molar-refractivity contribution in [2.45, 2.75) is 45.6 Å². The number of alkyl halides is 2. The van der Waals surface area contributed by atoms with E-state index in [-0.39, 0.29) is 11.1 Å². The van der Waals surface area contributed by atoms with Crippen molar-refractivity contribution in [2.75, 3.05) is 0 Å². The molecule has 0 unspecified atom stereocenters. The first-order valence-electron chi connectivity index (χ1n) is 7.95. The summed E-state index contributed by atoms with van der Waals surface area (Å²) in [5.74, 6) is -2.40. The third kappa shape index (κ3) is 4.49. The fourth-order valence-electron chi connectivity index (χ4n) is 2.33. The predicted octanol–water partition coefficient (Wildman–Crippen LogP) is 6.13. The fraction of sp³-hybridized carbons (Fsp3) is 0.368. The minimum atomic E-state index is -3.67. The fourth-order valence-corrected chi connectivity index (χ4v) is 2.33. The standard InChI is InChI=1S/C19H20F4O/c1-3-4-5-6-14-7-9-15(10-8-14)19(22,23)24-16-11-17(20)13(2)18(21)12-16/h7-12H,3-6H2,1-2H3. The smallest absolute Gasteiger partial charge is 0.426 e. The van der Waals surface area contributed by atoms with Crippen LogP contribution in [-0.4, -0.2) is 0 Å². The number of benzene rings is 2. The quantitative estimate of drug-likeness (QED) is 0.435. The van der Waals surface area contributed by atoms with Gasteiger partial charge in [0.2, 0.25) is 0 Å². The van der Waals surface area contributed by atoms with Gasteiger partial charge in [0.25, 0.3) is 0 Å². The van der Waals surface area contributed by atoms with E-state index in [2.05, 4.69) is 11.7 Å². The second-order valence-corrected chi connectivity index (χ2v) is 5.78. The van der Waals surface area contributed by atoms with Gasteiger partial charge in [0, 0.05) is 17.7 Å². The number of hydrogen-bond donors (Lipinski definition) is 0. The molecule has 0 N–H and O–H groups in total. The van der Waals surface area contributed by atoms with Gasteiger partial charge in [0.05, 0.1) is 5.56 Å². The summed E-state index contributed by atoms with van der Waals surface area (Å²) in [7, 11) is 0. The van der Waals surface area contributed by atoms with Crippen LogP contribution in [0, 0.1) is 18.6 Å². The summed E-state index contributed by atoms with van der Waals surface area (Å²) < 4.78 is 59.8. The van der Waals surface area contributed by atoms with Gasteiger partial charge in [-0.3, -0.25) is 0 Å². The van der Waals surface area contributed by atoms with Crippen LogP contribution < -0.4 is 4.74 Å². The van der Waals surface area contributed by atoms with E-state index < -0.39 is 23.5 Å². The number of aryl methyl sites for hydroxylation is 1. The number of ether oxygens (including phenoxy) is 1. The van der Waals surface area contributed by atoms with Crippen LogP contribution in [0.5, 0.6) is 5.75 Å². The summed E-state index contributed by atoms with van der Waals surface area (Å²) in [4.78, 5) is 0. The molecule has 0 amide bonds. The highest BCUT2D eigenvalue weighted by molar-refractivity contribution is 5.31. The Hall–Kier alpha value is -2.04. The molecule has 2 aromatic rings. The lowest BCUT2D eigenvalue weighted by Gasteiger charge is -2.19. The maximum Gasteiger partial charge on any atom is 0.426 e. The zero-order valence-electron chi connectivity index (χ0n) is 13.7. The molecule has 1 nitrogen and oxygen atoms in total. The van der Waals surface area contributed by atoms with E-state index in [0.29, 0.717) is 0 Å². The van der Waals surface area contributed by atoms with Gasteiger partial charge in [-0.2, -0.15) is 8.78 Å². The molecular formula is C19H20F4O. The van der Waals surface area contributed by atoms with E-state index in [1.165, 1.54) is 19.1 Å². The maximum atomic E-state index is 14.2. The average Bonchev–Trinajstić information content (AvgIpc) is 2.53. The minimum Gasteiger partial charge on any atom is -0.429 e. The monoisotopic (exact) mass is 340 g/mol. The third-order valence-electron chi connectivity index (χ3n) is 3.86. The lowest BCUT2D eigenvalue weighted by Crippen LogP contribution is -2.22. The van der Waals surface area contributed by atoms with E-state index in [1.54, 1.807) is 12.1 Å². The Balaban J connectivity index is 2.12. The van der Waals surface area contributed by atoms with Crippen molar-refractivity contribution in [2.24, 2.45) is 0 Å². The summed E-state index contributed by atoms with van der Waals surface area (Å²) >= 11 is 0. The normalized spacial score (nSPS) is 11.6. The van der Waals surface area contributed by atoms with Gasteiger partial charge in [0.15, 0.2) is 0 Å². The topological polar surface area (TPSA) is 9.23 Å². The summed E-state index contributed by atoms with van der Waals surface area (Å²) in [5, 5.41) is 0. The van der Waals surface area contributed by atoms with Gasteiger partial charge in [-0.25, -0.2) is 8.78 Å². The van der Waals surface area contributed by atoms with E-state index in [4.69, 9.17) is 0 Å². The first-order chi connectivity index (χ1) is 11.3.